The minimum absolute atomic E-state index is 0.609. The highest BCUT2D eigenvalue weighted by Gasteiger charge is 2.02. The average Bonchev–Trinajstić information content (AvgIpc) is 2.17. The molecule has 0 fully saturated rings. The summed E-state index contributed by atoms with van der Waals surface area (Å²) in [7, 11) is 4.18. The summed E-state index contributed by atoms with van der Waals surface area (Å²) in [5.74, 6) is 1.09. The summed E-state index contributed by atoms with van der Waals surface area (Å²) in [5.41, 5.74) is 6.92. The van der Waals surface area contributed by atoms with Gasteiger partial charge in [-0.2, -0.15) is 0 Å². The number of benzene rings is 1. The van der Waals surface area contributed by atoms with Crippen LogP contribution in [0.4, 0.5) is 0 Å². The van der Waals surface area contributed by atoms with Crippen molar-refractivity contribution in [2.75, 3.05) is 26.4 Å². The van der Waals surface area contributed by atoms with Gasteiger partial charge in [-0.3, -0.25) is 0 Å². The molecule has 0 saturated carbocycles. The first-order chi connectivity index (χ1) is 7.13. The summed E-state index contributed by atoms with van der Waals surface area (Å²) in [6, 6.07) is 6.27. The van der Waals surface area contributed by atoms with Crippen LogP contribution in [0.1, 0.15) is 5.56 Å². The first-order valence-electron chi connectivity index (χ1n) is 4.89. The summed E-state index contributed by atoms with van der Waals surface area (Å²) >= 11 is 5.34. The largest absolute Gasteiger partial charge is 0.326 e. The Morgan fingerprint density at radius 2 is 2.13 bits per heavy atom. The Morgan fingerprint density at radius 3 is 2.73 bits per heavy atom. The number of hydrogen-bond acceptors (Lipinski definition) is 3. The van der Waals surface area contributed by atoms with E-state index >= 15 is 0 Å². The molecule has 0 aliphatic carbocycles. The van der Waals surface area contributed by atoms with Gasteiger partial charge in [0.05, 0.1) is 0 Å². The van der Waals surface area contributed by atoms with Crippen molar-refractivity contribution in [1.82, 2.24) is 4.90 Å². The smallest absolute Gasteiger partial charge is 0.0189 e. The Hall–Kier alpha value is -0.0300. The predicted molar refractivity (Wildman–Crippen MR) is 71.3 cm³/mol. The molecule has 0 bridgehead atoms. The van der Waals surface area contributed by atoms with Crippen LogP contribution in [-0.4, -0.2) is 31.3 Å². The van der Waals surface area contributed by atoms with Crippen LogP contribution in [0.3, 0.4) is 0 Å². The van der Waals surface area contributed by atoms with E-state index in [0.717, 1.165) is 16.8 Å². The van der Waals surface area contributed by atoms with E-state index in [1.54, 1.807) is 0 Å². The summed E-state index contributed by atoms with van der Waals surface area (Å²) < 4.78 is 1.12. The van der Waals surface area contributed by atoms with Crippen LogP contribution in [0.2, 0.25) is 0 Å². The number of nitrogens with zero attached hydrogens (tertiary/aromatic N) is 1. The highest BCUT2D eigenvalue weighted by atomic mass is 79.9. The van der Waals surface area contributed by atoms with E-state index in [-0.39, 0.29) is 0 Å². The Labute approximate surface area is 104 Å². The van der Waals surface area contributed by atoms with Crippen LogP contribution >= 0.6 is 27.7 Å². The van der Waals surface area contributed by atoms with E-state index in [0.29, 0.717) is 6.54 Å². The highest BCUT2D eigenvalue weighted by Crippen LogP contribution is 2.26. The lowest BCUT2D eigenvalue weighted by molar-refractivity contribution is 0.437. The maximum atomic E-state index is 5.69. The molecule has 1 aromatic rings. The first kappa shape index (κ1) is 13.0. The zero-order valence-corrected chi connectivity index (χ0v) is 11.6. The van der Waals surface area contributed by atoms with Crippen molar-refractivity contribution in [2.45, 2.75) is 11.4 Å². The normalized spacial score (nSPS) is 11.0. The second-order valence-electron chi connectivity index (χ2n) is 3.61. The highest BCUT2D eigenvalue weighted by molar-refractivity contribution is 9.10. The second-order valence-corrected chi connectivity index (χ2v) is 5.66. The predicted octanol–water partition coefficient (Wildman–Crippen LogP) is 2.56. The molecule has 2 nitrogen and oxygen atoms in total. The SMILES string of the molecule is CN(C)CCSc1cc(Br)ccc1CN. The van der Waals surface area contributed by atoms with Crippen LogP contribution in [-0.2, 0) is 6.54 Å². The van der Waals surface area contributed by atoms with Crippen LogP contribution in [0.25, 0.3) is 0 Å². The molecular formula is C11H17BrN2S. The summed E-state index contributed by atoms with van der Waals surface area (Å²) in [6.07, 6.45) is 0. The molecule has 0 radical (unpaired) electrons. The minimum Gasteiger partial charge on any atom is -0.326 e. The van der Waals surface area contributed by atoms with Crippen molar-refractivity contribution in [3.05, 3.63) is 28.2 Å². The monoisotopic (exact) mass is 288 g/mol. The van der Waals surface area contributed by atoms with Gasteiger partial charge >= 0.3 is 0 Å². The third-order valence-electron chi connectivity index (χ3n) is 2.05. The van der Waals surface area contributed by atoms with Crippen molar-refractivity contribution >= 4 is 27.7 Å². The van der Waals surface area contributed by atoms with Crippen molar-refractivity contribution in [3.8, 4) is 0 Å². The Bertz CT molecular complexity index is 315. The molecule has 84 valence electrons. The van der Waals surface area contributed by atoms with Gasteiger partial charge in [0.1, 0.15) is 0 Å². The van der Waals surface area contributed by atoms with Gasteiger partial charge in [-0.05, 0) is 31.8 Å². The molecule has 0 aliphatic rings. The standard InChI is InChI=1S/C11H17BrN2S/c1-14(2)5-6-15-11-7-10(12)4-3-9(11)8-13/h3-4,7H,5-6,8,13H2,1-2H3. The Kier molecular flexibility index (Phi) is 5.68. The number of rotatable bonds is 5. The number of thioether (sulfide) groups is 1. The number of nitrogens with two attached hydrogens (primary N) is 1. The maximum Gasteiger partial charge on any atom is 0.0189 e. The lowest BCUT2D eigenvalue weighted by Gasteiger charge is -2.11. The lowest BCUT2D eigenvalue weighted by atomic mass is 10.2. The average molecular weight is 289 g/mol. The molecule has 4 heteroatoms. The van der Waals surface area contributed by atoms with Gasteiger partial charge in [0, 0.05) is 28.2 Å². The van der Waals surface area contributed by atoms with Gasteiger partial charge in [-0.15, -0.1) is 11.8 Å². The second kappa shape index (κ2) is 6.53. The zero-order chi connectivity index (χ0) is 11.3. The van der Waals surface area contributed by atoms with Crippen molar-refractivity contribution in [2.24, 2.45) is 5.73 Å². The quantitative estimate of drug-likeness (QED) is 0.845. The van der Waals surface area contributed by atoms with E-state index in [9.17, 15) is 0 Å². The summed E-state index contributed by atoms with van der Waals surface area (Å²) in [5, 5.41) is 0. The molecule has 0 atom stereocenters. The Morgan fingerprint density at radius 1 is 1.40 bits per heavy atom. The fraction of sp³-hybridized carbons (Fsp3) is 0.455. The molecule has 15 heavy (non-hydrogen) atoms. The van der Waals surface area contributed by atoms with Gasteiger partial charge in [-0.25, -0.2) is 0 Å². The molecular weight excluding hydrogens is 272 g/mol. The molecule has 0 aromatic heterocycles. The van der Waals surface area contributed by atoms with Crippen molar-refractivity contribution in [3.63, 3.8) is 0 Å². The van der Waals surface area contributed by atoms with Gasteiger partial charge in [-0.1, -0.05) is 22.0 Å². The van der Waals surface area contributed by atoms with E-state index in [1.165, 1.54) is 10.5 Å². The van der Waals surface area contributed by atoms with Gasteiger partial charge in [0.15, 0.2) is 0 Å². The maximum absolute atomic E-state index is 5.69. The lowest BCUT2D eigenvalue weighted by Crippen LogP contribution is -2.14. The van der Waals surface area contributed by atoms with Crippen LogP contribution in [0.15, 0.2) is 27.6 Å². The molecule has 1 rings (SSSR count). The first-order valence-corrected chi connectivity index (χ1v) is 6.67. The van der Waals surface area contributed by atoms with Crippen molar-refractivity contribution < 1.29 is 0 Å². The van der Waals surface area contributed by atoms with Gasteiger partial charge in [0.2, 0.25) is 0 Å². The number of halogens is 1. The van der Waals surface area contributed by atoms with Crippen LogP contribution in [0, 0.1) is 0 Å². The fourth-order valence-electron chi connectivity index (χ4n) is 1.17. The molecule has 0 spiro atoms. The van der Waals surface area contributed by atoms with Gasteiger partial charge < -0.3 is 10.6 Å². The van der Waals surface area contributed by atoms with E-state index < -0.39 is 0 Å². The molecule has 0 heterocycles. The third kappa shape index (κ3) is 4.55. The molecule has 0 saturated heterocycles. The molecule has 0 unspecified atom stereocenters. The molecule has 0 amide bonds. The van der Waals surface area contributed by atoms with E-state index in [1.807, 2.05) is 17.8 Å². The molecule has 1 aromatic carbocycles. The summed E-state index contributed by atoms with van der Waals surface area (Å²) in [4.78, 5) is 3.47. The van der Waals surface area contributed by atoms with Gasteiger partial charge in [0.25, 0.3) is 0 Å². The summed E-state index contributed by atoms with van der Waals surface area (Å²) in [6.45, 7) is 1.69. The molecule has 0 aliphatic heterocycles. The van der Waals surface area contributed by atoms with Crippen LogP contribution < -0.4 is 5.73 Å². The third-order valence-corrected chi connectivity index (χ3v) is 3.62. The van der Waals surface area contributed by atoms with Crippen molar-refractivity contribution in [1.29, 1.82) is 0 Å². The topological polar surface area (TPSA) is 29.3 Å². The Balaban J connectivity index is 2.62. The van der Waals surface area contributed by atoms with E-state index in [2.05, 4.69) is 47.1 Å². The molecule has 2 N–H and O–H groups in total. The van der Waals surface area contributed by atoms with Crippen LogP contribution in [0.5, 0.6) is 0 Å². The zero-order valence-electron chi connectivity index (χ0n) is 9.16. The minimum atomic E-state index is 0.609. The number of hydrogen-bond donors (Lipinski definition) is 1. The fourth-order valence-corrected chi connectivity index (χ4v) is 2.91. The van der Waals surface area contributed by atoms with E-state index in [4.69, 9.17) is 5.73 Å².